The predicted octanol–water partition coefficient (Wildman–Crippen LogP) is 1.16. The summed E-state index contributed by atoms with van der Waals surface area (Å²) >= 11 is 0. The van der Waals surface area contributed by atoms with Crippen molar-refractivity contribution in [2.24, 2.45) is 0 Å². The summed E-state index contributed by atoms with van der Waals surface area (Å²) in [4.78, 5) is 0.367. The molecule has 1 unspecified atom stereocenters. The monoisotopic (exact) mass is 196 g/mol. The Labute approximate surface area is 78.0 Å². The molecule has 1 radical (unpaired) electrons. The summed E-state index contributed by atoms with van der Waals surface area (Å²) in [7, 11) is -3.20. The maximum absolute atomic E-state index is 11.6. The lowest BCUT2D eigenvalue weighted by atomic mass is 10.2. The zero-order valence-electron chi connectivity index (χ0n) is 7.27. The van der Waals surface area contributed by atoms with Crippen LogP contribution in [0.4, 0.5) is 0 Å². The normalized spacial score (nSPS) is 17.3. The smallest absolute Gasteiger partial charge is 0.207 e. The van der Waals surface area contributed by atoms with Crippen molar-refractivity contribution in [1.29, 1.82) is 0 Å². The zero-order chi connectivity index (χ0) is 9.47. The Kier molecular flexibility index (Phi) is 1.89. The quantitative estimate of drug-likeness (QED) is 0.666. The molecule has 2 rings (SSSR count). The molecule has 0 bridgehead atoms. The van der Waals surface area contributed by atoms with Crippen molar-refractivity contribution in [1.82, 2.24) is 4.31 Å². The first-order valence-corrected chi connectivity index (χ1v) is 5.46. The van der Waals surface area contributed by atoms with Gasteiger partial charge in [-0.25, -0.2) is 8.42 Å². The molecule has 13 heavy (non-hydrogen) atoms. The van der Waals surface area contributed by atoms with E-state index in [1.165, 1.54) is 4.31 Å². The maximum Gasteiger partial charge on any atom is 0.243 e. The molecule has 1 aromatic rings. The van der Waals surface area contributed by atoms with Crippen LogP contribution in [0.25, 0.3) is 0 Å². The molecule has 4 heteroatoms. The highest BCUT2D eigenvalue weighted by atomic mass is 32.2. The summed E-state index contributed by atoms with van der Waals surface area (Å²) in [6.45, 7) is 4.12. The van der Waals surface area contributed by atoms with E-state index < -0.39 is 10.0 Å². The number of benzene rings is 1. The molecular weight excluding hydrogens is 186 g/mol. The first-order valence-electron chi connectivity index (χ1n) is 4.02. The van der Waals surface area contributed by atoms with Gasteiger partial charge in [0, 0.05) is 6.54 Å². The molecule has 0 N–H and O–H groups in total. The van der Waals surface area contributed by atoms with Gasteiger partial charge >= 0.3 is 0 Å². The third-order valence-corrected chi connectivity index (χ3v) is 3.74. The van der Waals surface area contributed by atoms with Crippen LogP contribution in [0, 0.1) is 13.5 Å². The molecule has 1 aromatic carbocycles. The van der Waals surface area contributed by atoms with Crippen molar-refractivity contribution >= 4 is 10.0 Å². The first kappa shape index (κ1) is 8.72. The topological polar surface area (TPSA) is 37.1 Å². The summed E-state index contributed by atoms with van der Waals surface area (Å²) in [5.41, 5.74) is 1.06. The largest absolute Gasteiger partial charge is 0.243 e. The molecule has 1 aliphatic heterocycles. The van der Waals surface area contributed by atoms with Gasteiger partial charge in [-0.3, -0.25) is 0 Å². The van der Waals surface area contributed by atoms with Crippen LogP contribution in [0.1, 0.15) is 5.56 Å². The maximum atomic E-state index is 11.6. The molecule has 0 aliphatic carbocycles. The Hall–Kier alpha value is -0.870. The van der Waals surface area contributed by atoms with Crippen LogP contribution in [0.5, 0.6) is 0 Å². The average molecular weight is 196 g/mol. The fourth-order valence-corrected chi connectivity index (χ4v) is 2.29. The van der Waals surface area contributed by atoms with E-state index in [2.05, 4.69) is 0 Å². The number of hydrogen-bond acceptors (Lipinski definition) is 2. The van der Waals surface area contributed by atoms with Gasteiger partial charge in [-0.15, -0.1) is 0 Å². The molecule has 1 saturated heterocycles. The highest BCUT2D eigenvalue weighted by Crippen LogP contribution is 2.24. The number of aryl methyl sites for hydroxylation is 1. The second kappa shape index (κ2) is 2.82. The first-order chi connectivity index (χ1) is 6.10. The Bertz CT molecular complexity index is 404. The molecule has 0 saturated carbocycles. The highest BCUT2D eigenvalue weighted by molar-refractivity contribution is 7.89. The fraction of sp³-hybridized carbons (Fsp3) is 0.222. The minimum absolute atomic E-state index is 0.367. The van der Waals surface area contributed by atoms with Gasteiger partial charge in [-0.2, -0.15) is 4.31 Å². The summed E-state index contributed by atoms with van der Waals surface area (Å²) in [5, 5.41) is 0. The van der Waals surface area contributed by atoms with E-state index in [4.69, 9.17) is 0 Å². The van der Waals surface area contributed by atoms with Crippen LogP contribution in [0.15, 0.2) is 29.2 Å². The van der Waals surface area contributed by atoms with Crippen LogP contribution in [0.2, 0.25) is 0 Å². The van der Waals surface area contributed by atoms with Crippen molar-refractivity contribution < 1.29 is 8.42 Å². The van der Waals surface area contributed by atoms with E-state index in [1.54, 1.807) is 30.8 Å². The lowest BCUT2D eigenvalue weighted by Crippen LogP contribution is -2.10. The summed E-state index contributed by atoms with van der Waals surface area (Å²) in [6.07, 6.45) is 0. The molecule has 69 valence electrons. The predicted molar refractivity (Wildman–Crippen MR) is 49.4 cm³/mol. The fourth-order valence-electron chi connectivity index (χ4n) is 1.08. The van der Waals surface area contributed by atoms with E-state index in [-0.39, 0.29) is 0 Å². The molecule has 1 heterocycles. The lowest BCUT2D eigenvalue weighted by Gasteiger charge is -2.03. The van der Waals surface area contributed by atoms with Gasteiger partial charge in [-0.05, 0) is 19.1 Å². The van der Waals surface area contributed by atoms with Gasteiger partial charge < -0.3 is 0 Å². The van der Waals surface area contributed by atoms with Gasteiger partial charge in [0.15, 0.2) is 0 Å². The Morgan fingerprint density at radius 3 is 2.23 bits per heavy atom. The summed E-state index contributed by atoms with van der Waals surface area (Å²) < 4.78 is 24.5. The van der Waals surface area contributed by atoms with Gasteiger partial charge in [0.1, 0.15) is 0 Å². The minimum atomic E-state index is -3.20. The Balaban J connectivity index is 2.40. The molecule has 1 fully saturated rings. The van der Waals surface area contributed by atoms with Crippen molar-refractivity contribution in [3.05, 3.63) is 36.4 Å². The van der Waals surface area contributed by atoms with Crippen LogP contribution in [0.3, 0.4) is 0 Å². The van der Waals surface area contributed by atoms with Crippen molar-refractivity contribution in [2.75, 3.05) is 6.54 Å². The third kappa shape index (κ3) is 1.59. The zero-order valence-corrected chi connectivity index (χ0v) is 8.08. The average Bonchev–Trinajstić information content (AvgIpc) is 2.87. The van der Waals surface area contributed by atoms with Crippen molar-refractivity contribution in [3.8, 4) is 0 Å². The van der Waals surface area contributed by atoms with Gasteiger partial charge in [-0.1, -0.05) is 17.7 Å². The molecular formula is C9H10NO2S. The van der Waals surface area contributed by atoms with E-state index in [0.29, 0.717) is 11.4 Å². The minimum Gasteiger partial charge on any atom is -0.207 e. The molecule has 0 amide bonds. The number of nitrogens with zero attached hydrogens (tertiary/aromatic N) is 1. The van der Waals surface area contributed by atoms with E-state index >= 15 is 0 Å². The van der Waals surface area contributed by atoms with Crippen LogP contribution < -0.4 is 0 Å². The Morgan fingerprint density at radius 2 is 1.77 bits per heavy atom. The number of hydrogen-bond donors (Lipinski definition) is 0. The molecule has 3 nitrogen and oxygen atoms in total. The third-order valence-electron chi connectivity index (χ3n) is 1.96. The van der Waals surface area contributed by atoms with Gasteiger partial charge in [0.25, 0.3) is 0 Å². The van der Waals surface area contributed by atoms with Crippen LogP contribution >= 0.6 is 0 Å². The number of sulfonamides is 1. The summed E-state index contributed by atoms with van der Waals surface area (Å²) in [5.74, 6) is 0. The number of rotatable bonds is 2. The highest BCUT2D eigenvalue weighted by Gasteiger charge is 2.33. The van der Waals surface area contributed by atoms with E-state index in [0.717, 1.165) is 5.56 Å². The summed E-state index contributed by atoms with van der Waals surface area (Å²) in [6, 6.07) is 6.88. The van der Waals surface area contributed by atoms with Crippen LogP contribution in [-0.2, 0) is 10.0 Å². The Morgan fingerprint density at radius 1 is 1.23 bits per heavy atom. The lowest BCUT2D eigenvalue weighted by molar-refractivity contribution is 0.566. The van der Waals surface area contributed by atoms with E-state index in [1.807, 2.05) is 6.92 Å². The molecule has 1 aliphatic rings. The molecule has 0 spiro atoms. The van der Waals surface area contributed by atoms with Crippen LogP contribution in [-0.4, -0.2) is 19.3 Å². The molecule has 0 aromatic heterocycles. The van der Waals surface area contributed by atoms with Crippen molar-refractivity contribution in [3.63, 3.8) is 0 Å². The standard InChI is InChI=1S/C9H10NO2S/c1-8-2-4-9(5-3-8)13(11,12)10-6-7-10/h2-6H,7H2,1H3. The van der Waals surface area contributed by atoms with Gasteiger partial charge in [0.05, 0.1) is 11.4 Å². The van der Waals surface area contributed by atoms with Gasteiger partial charge in [0.2, 0.25) is 10.0 Å². The second-order valence-corrected chi connectivity index (χ2v) is 4.96. The van der Waals surface area contributed by atoms with Crippen molar-refractivity contribution in [2.45, 2.75) is 11.8 Å². The molecule has 1 atom stereocenters. The van der Waals surface area contributed by atoms with E-state index in [9.17, 15) is 8.42 Å². The second-order valence-electron chi connectivity index (χ2n) is 3.07. The SMILES string of the molecule is Cc1ccc(S(=O)(=O)N2[CH]C2)cc1.